The Morgan fingerprint density at radius 3 is 2.76 bits per heavy atom. The summed E-state index contributed by atoms with van der Waals surface area (Å²) in [4.78, 5) is 14.9. The van der Waals surface area contributed by atoms with Crippen molar-refractivity contribution in [1.82, 2.24) is 10.2 Å². The van der Waals surface area contributed by atoms with Crippen molar-refractivity contribution in [3.05, 3.63) is 0 Å². The van der Waals surface area contributed by atoms with Gasteiger partial charge in [0.2, 0.25) is 0 Å². The van der Waals surface area contributed by atoms with E-state index < -0.39 is 5.54 Å². The molecule has 0 amide bonds. The number of hydrogen-bond acceptors (Lipinski definition) is 5. The number of carbonyl (C=O) groups excluding carboxylic acids is 1. The summed E-state index contributed by atoms with van der Waals surface area (Å²) in [6.07, 6.45) is 6.32. The standard InChI is InChI=1S/C16H28N2O3/c1-3-21-15(19)16(17-12-4-5-12)8-6-13(10-16)18(2)14-7-9-20-11-14/h12-14,17H,3-11H2,1-2H3. The normalized spacial score (nSPS) is 36.3. The van der Waals surface area contributed by atoms with Gasteiger partial charge >= 0.3 is 5.97 Å². The van der Waals surface area contributed by atoms with Crippen LogP contribution >= 0.6 is 0 Å². The Hall–Kier alpha value is -0.650. The van der Waals surface area contributed by atoms with Gasteiger partial charge in [0.15, 0.2) is 0 Å². The van der Waals surface area contributed by atoms with Crippen molar-refractivity contribution >= 4 is 5.97 Å². The lowest BCUT2D eigenvalue weighted by molar-refractivity contribution is -0.151. The van der Waals surface area contributed by atoms with Crippen molar-refractivity contribution in [3.8, 4) is 0 Å². The zero-order chi connectivity index (χ0) is 14.9. The van der Waals surface area contributed by atoms with Gasteiger partial charge in [0.1, 0.15) is 5.54 Å². The van der Waals surface area contributed by atoms with Gasteiger partial charge in [0, 0.05) is 24.7 Å². The average molecular weight is 296 g/mol. The first-order chi connectivity index (χ1) is 10.1. The minimum atomic E-state index is -0.449. The molecule has 1 aliphatic heterocycles. The highest BCUT2D eigenvalue weighted by Crippen LogP contribution is 2.38. The van der Waals surface area contributed by atoms with Crippen LogP contribution in [0.25, 0.3) is 0 Å². The largest absolute Gasteiger partial charge is 0.465 e. The zero-order valence-electron chi connectivity index (χ0n) is 13.3. The third-order valence-electron chi connectivity index (χ3n) is 5.27. The molecule has 3 aliphatic rings. The lowest BCUT2D eigenvalue weighted by Crippen LogP contribution is -2.53. The van der Waals surface area contributed by atoms with Crippen LogP contribution in [-0.2, 0) is 14.3 Å². The molecule has 1 heterocycles. The number of esters is 1. The average Bonchev–Trinajstić information content (AvgIpc) is 2.96. The number of ether oxygens (including phenoxy) is 2. The topological polar surface area (TPSA) is 50.8 Å². The molecule has 0 bridgehead atoms. The van der Waals surface area contributed by atoms with Crippen LogP contribution in [0.4, 0.5) is 0 Å². The van der Waals surface area contributed by atoms with E-state index in [0.29, 0.717) is 24.7 Å². The molecule has 0 aromatic carbocycles. The van der Waals surface area contributed by atoms with Crippen LogP contribution in [0.3, 0.4) is 0 Å². The summed E-state index contributed by atoms with van der Waals surface area (Å²) in [5.41, 5.74) is -0.449. The van der Waals surface area contributed by atoms with Crippen molar-refractivity contribution in [2.45, 2.75) is 69.1 Å². The third kappa shape index (κ3) is 3.25. The fourth-order valence-corrected chi connectivity index (χ4v) is 3.77. The van der Waals surface area contributed by atoms with E-state index in [4.69, 9.17) is 9.47 Å². The first-order valence-corrected chi connectivity index (χ1v) is 8.39. The number of carbonyl (C=O) groups is 1. The predicted molar refractivity (Wildman–Crippen MR) is 80.1 cm³/mol. The number of likely N-dealkylation sites (N-methyl/N-ethyl adjacent to an activating group) is 1. The smallest absolute Gasteiger partial charge is 0.326 e. The third-order valence-corrected chi connectivity index (χ3v) is 5.27. The van der Waals surface area contributed by atoms with E-state index in [-0.39, 0.29) is 5.97 Å². The van der Waals surface area contributed by atoms with E-state index in [0.717, 1.165) is 38.9 Å². The molecule has 5 heteroatoms. The maximum Gasteiger partial charge on any atom is 0.326 e. The molecule has 3 rings (SSSR count). The Labute approximate surface area is 127 Å². The summed E-state index contributed by atoms with van der Waals surface area (Å²) in [7, 11) is 2.18. The lowest BCUT2D eigenvalue weighted by atomic mass is 9.96. The molecule has 0 aromatic heterocycles. The van der Waals surface area contributed by atoms with Crippen molar-refractivity contribution in [3.63, 3.8) is 0 Å². The molecule has 120 valence electrons. The van der Waals surface area contributed by atoms with Crippen LogP contribution in [0.15, 0.2) is 0 Å². The molecular formula is C16H28N2O3. The van der Waals surface area contributed by atoms with Crippen LogP contribution in [0.5, 0.6) is 0 Å². The Bertz CT molecular complexity index is 380. The molecule has 3 fully saturated rings. The van der Waals surface area contributed by atoms with Gasteiger partial charge in [-0.3, -0.25) is 15.0 Å². The maximum absolute atomic E-state index is 12.5. The van der Waals surface area contributed by atoms with Gasteiger partial charge in [-0.05, 0) is 52.5 Å². The molecule has 3 unspecified atom stereocenters. The van der Waals surface area contributed by atoms with Crippen molar-refractivity contribution < 1.29 is 14.3 Å². The molecule has 3 atom stereocenters. The second-order valence-corrected chi connectivity index (χ2v) is 6.80. The first-order valence-electron chi connectivity index (χ1n) is 8.39. The Morgan fingerprint density at radius 1 is 1.33 bits per heavy atom. The Kier molecular flexibility index (Phi) is 4.52. The van der Waals surface area contributed by atoms with Crippen LogP contribution < -0.4 is 5.32 Å². The second kappa shape index (κ2) is 6.23. The van der Waals surface area contributed by atoms with Crippen LogP contribution in [0.2, 0.25) is 0 Å². The van der Waals surface area contributed by atoms with Gasteiger partial charge in [0.25, 0.3) is 0 Å². The molecule has 0 spiro atoms. The van der Waals surface area contributed by atoms with Crippen LogP contribution in [0.1, 0.15) is 45.4 Å². The summed E-state index contributed by atoms with van der Waals surface area (Å²) in [5, 5.41) is 3.59. The molecule has 1 saturated heterocycles. The second-order valence-electron chi connectivity index (χ2n) is 6.80. The highest BCUT2D eigenvalue weighted by atomic mass is 16.5. The molecular weight excluding hydrogens is 268 g/mol. The van der Waals surface area contributed by atoms with E-state index >= 15 is 0 Å². The number of nitrogens with zero attached hydrogens (tertiary/aromatic N) is 1. The van der Waals surface area contributed by atoms with Crippen molar-refractivity contribution in [2.24, 2.45) is 0 Å². The Balaban J connectivity index is 1.66. The highest BCUT2D eigenvalue weighted by molar-refractivity contribution is 5.81. The summed E-state index contributed by atoms with van der Waals surface area (Å²) < 4.78 is 10.9. The molecule has 0 aromatic rings. The highest BCUT2D eigenvalue weighted by Gasteiger charge is 2.50. The van der Waals surface area contributed by atoms with E-state index in [2.05, 4.69) is 17.3 Å². The molecule has 21 heavy (non-hydrogen) atoms. The molecule has 2 aliphatic carbocycles. The zero-order valence-corrected chi connectivity index (χ0v) is 13.3. The minimum absolute atomic E-state index is 0.0459. The first kappa shape index (κ1) is 15.3. The number of rotatable bonds is 6. The van der Waals surface area contributed by atoms with Gasteiger partial charge < -0.3 is 9.47 Å². The molecule has 2 saturated carbocycles. The van der Waals surface area contributed by atoms with Crippen LogP contribution in [-0.4, -0.2) is 61.4 Å². The summed E-state index contributed by atoms with van der Waals surface area (Å²) in [5.74, 6) is -0.0459. The van der Waals surface area contributed by atoms with Crippen molar-refractivity contribution in [1.29, 1.82) is 0 Å². The number of hydrogen-bond donors (Lipinski definition) is 1. The van der Waals surface area contributed by atoms with E-state index in [1.807, 2.05) is 6.92 Å². The summed E-state index contributed by atoms with van der Waals surface area (Å²) in [6.45, 7) is 4.04. The number of nitrogens with one attached hydrogen (secondary N) is 1. The van der Waals surface area contributed by atoms with Crippen LogP contribution in [0, 0.1) is 0 Å². The fourth-order valence-electron chi connectivity index (χ4n) is 3.77. The monoisotopic (exact) mass is 296 g/mol. The lowest BCUT2D eigenvalue weighted by Gasteiger charge is -2.32. The Morgan fingerprint density at radius 2 is 2.14 bits per heavy atom. The predicted octanol–water partition coefficient (Wildman–Crippen LogP) is 1.31. The van der Waals surface area contributed by atoms with E-state index in [9.17, 15) is 4.79 Å². The van der Waals surface area contributed by atoms with Gasteiger partial charge in [-0.2, -0.15) is 0 Å². The maximum atomic E-state index is 12.5. The van der Waals surface area contributed by atoms with E-state index in [1.54, 1.807) is 0 Å². The molecule has 5 nitrogen and oxygen atoms in total. The van der Waals surface area contributed by atoms with E-state index in [1.165, 1.54) is 12.8 Å². The molecule has 0 radical (unpaired) electrons. The van der Waals surface area contributed by atoms with Gasteiger partial charge in [-0.15, -0.1) is 0 Å². The quantitative estimate of drug-likeness (QED) is 0.749. The minimum Gasteiger partial charge on any atom is -0.465 e. The van der Waals surface area contributed by atoms with Gasteiger partial charge in [0.05, 0.1) is 13.2 Å². The molecule has 1 N–H and O–H groups in total. The fraction of sp³-hybridized carbons (Fsp3) is 0.938. The summed E-state index contributed by atoms with van der Waals surface area (Å²) >= 11 is 0. The van der Waals surface area contributed by atoms with Gasteiger partial charge in [-0.1, -0.05) is 0 Å². The van der Waals surface area contributed by atoms with Gasteiger partial charge in [-0.25, -0.2) is 0 Å². The summed E-state index contributed by atoms with van der Waals surface area (Å²) in [6, 6.07) is 1.48. The SMILES string of the molecule is CCOC(=O)C1(NC2CC2)CCC(N(C)C2CCOC2)C1. The van der Waals surface area contributed by atoms with Crippen molar-refractivity contribution in [2.75, 3.05) is 26.9 Å².